The number of nitrogens with two attached hydrogens (primary N) is 1. The van der Waals surface area contributed by atoms with Crippen molar-refractivity contribution in [3.8, 4) is 5.88 Å². The van der Waals surface area contributed by atoms with Crippen LogP contribution in [0.15, 0.2) is 42.0 Å². The Morgan fingerprint density at radius 3 is 2.73 bits per heavy atom. The van der Waals surface area contributed by atoms with E-state index in [0.717, 1.165) is 41.3 Å². The van der Waals surface area contributed by atoms with E-state index in [1.54, 1.807) is 12.4 Å². The Bertz CT molecular complexity index is 924. The largest absolute Gasteiger partial charge is 0.471 e. The first kappa shape index (κ1) is 21.6. The molecule has 3 heterocycles. The zero-order chi connectivity index (χ0) is 21.7. The van der Waals surface area contributed by atoms with Gasteiger partial charge in [0.1, 0.15) is 6.61 Å². The van der Waals surface area contributed by atoms with Crippen LogP contribution in [0.1, 0.15) is 37.6 Å². The standard InChI is InChI=1S/C22H30N6O2/c1-14(2)22(29)28-8-7-17-9-21(25-10-18(17)12-28)30-13-20(16(4)27-23)26-19-6-5-15(3)24-11-19/h5-6,9-11,14,26-27H,7-8,12-13,23H2,1-4H3/b20-16-. The molecule has 0 radical (unpaired) electrons. The number of aryl methyl sites for hydroxylation is 1. The summed E-state index contributed by atoms with van der Waals surface area (Å²) in [6, 6.07) is 5.85. The predicted molar refractivity (Wildman–Crippen MR) is 116 cm³/mol. The van der Waals surface area contributed by atoms with Crippen LogP contribution in [0.3, 0.4) is 0 Å². The summed E-state index contributed by atoms with van der Waals surface area (Å²) in [6.07, 6.45) is 4.37. The third kappa shape index (κ3) is 5.27. The lowest BCUT2D eigenvalue weighted by Crippen LogP contribution is -2.38. The number of carbonyl (C=O) groups is 1. The fraction of sp³-hybridized carbons (Fsp3) is 0.409. The molecular weight excluding hydrogens is 380 g/mol. The summed E-state index contributed by atoms with van der Waals surface area (Å²) in [5, 5.41) is 3.30. The number of aromatic nitrogens is 2. The summed E-state index contributed by atoms with van der Waals surface area (Å²) in [6.45, 7) is 9.26. The number of hydrogen-bond donors (Lipinski definition) is 3. The van der Waals surface area contributed by atoms with Gasteiger partial charge in [0.05, 0.1) is 17.6 Å². The molecule has 2 aromatic rings. The average molecular weight is 411 g/mol. The number of fused-ring (bicyclic) bond motifs is 1. The van der Waals surface area contributed by atoms with Crippen molar-refractivity contribution in [2.45, 2.75) is 40.7 Å². The summed E-state index contributed by atoms with van der Waals surface area (Å²) in [5.41, 5.74) is 8.25. The topological polar surface area (TPSA) is 105 Å². The summed E-state index contributed by atoms with van der Waals surface area (Å²) in [5.74, 6) is 6.33. The van der Waals surface area contributed by atoms with Crippen molar-refractivity contribution in [3.05, 3.63) is 58.8 Å². The van der Waals surface area contributed by atoms with Crippen LogP contribution < -0.4 is 21.3 Å². The van der Waals surface area contributed by atoms with Gasteiger partial charge in [0.25, 0.3) is 0 Å². The number of allylic oxidation sites excluding steroid dienone is 1. The average Bonchev–Trinajstić information content (AvgIpc) is 2.76. The van der Waals surface area contributed by atoms with Crippen molar-refractivity contribution in [3.63, 3.8) is 0 Å². The van der Waals surface area contributed by atoms with Crippen LogP contribution in [0.4, 0.5) is 5.69 Å². The third-order valence-corrected chi connectivity index (χ3v) is 5.12. The monoisotopic (exact) mass is 410 g/mol. The van der Waals surface area contributed by atoms with Crippen molar-refractivity contribution in [2.24, 2.45) is 11.8 Å². The minimum absolute atomic E-state index is 0.00273. The molecule has 0 spiro atoms. The van der Waals surface area contributed by atoms with Gasteiger partial charge in [-0.25, -0.2) is 4.98 Å². The van der Waals surface area contributed by atoms with Gasteiger partial charge in [0.2, 0.25) is 11.8 Å². The van der Waals surface area contributed by atoms with Crippen molar-refractivity contribution < 1.29 is 9.53 Å². The maximum atomic E-state index is 12.3. The zero-order valence-corrected chi connectivity index (χ0v) is 18.0. The van der Waals surface area contributed by atoms with E-state index in [-0.39, 0.29) is 18.4 Å². The van der Waals surface area contributed by atoms with Crippen LogP contribution in [0, 0.1) is 12.8 Å². The van der Waals surface area contributed by atoms with Crippen molar-refractivity contribution in [2.75, 3.05) is 18.5 Å². The quantitative estimate of drug-likeness (QED) is 0.476. The molecular formula is C22H30N6O2. The number of hydrogen-bond acceptors (Lipinski definition) is 7. The van der Waals surface area contributed by atoms with E-state index in [2.05, 4.69) is 20.7 Å². The maximum Gasteiger partial charge on any atom is 0.225 e. The molecule has 0 saturated carbocycles. The molecule has 160 valence electrons. The lowest BCUT2D eigenvalue weighted by Gasteiger charge is -2.30. The Morgan fingerprint density at radius 1 is 1.27 bits per heavy atom. The minimum Gasteiger partial charge on any atom is -0.471 e. The third-order valence-electron chi connectivity index (χ3n) is 5.12. The van der Waals surface area contributed by atoms with Gasteiger partial charge < -0.3 is 20.4 Å². The lowest BCUT2D eigenvalue weighted by atomic mass is 10.0. The highest BCUT2D eigenvalue weighted by atomic mass is 16.5. The Balaban J connectivity index is 1.67. The first-order valence-corrected chi connectivity index (χ1v) is 10.1. The summed E-state index contributed by atoms with van der Waals surface area (Å²) >= 11 is 0. The van der Waals surface area contributed by atoms with E-state index in [1.165, 1.54) is 5.56 Å². The molecule has 1 amide bonds. The molecule has 0 fully saturated rings. The first-order valence-electron chi connectivity index (χ1n) is 10.1. The van der Waals surface area contributed by atoms with Crippen LogP contribution in [0.25, 0.3) is 0 Å². The molecule has 0 aliphatic carbocycles. The number of pyridine rings is 2. The predicted octanol–water partition coefficient (Wildman–Crippen LogP) is 2.51. The molecule has 8 nitrogen and oxygen atoms in total. The Labute approximate surface area is 177 Å². The second-order valence-electron chi connectivity index (χ2n) is 7.81. The van der Waals surface area contributed by atoms with Crippen molar-refractivity contribution >= 4 is 11.6 Å². The van der Waals surface area contributed by atoms with Crippen LogP contribution in [-0.4, -0.2) is 33.9 Å². The van der Waals surface area contributed by atoms with E-state index >= 15 is 0 Å². The highest BCUT2D eigenvalue weighted by molar-refractivity contribution is 5.78. The van der Waals surface area contributed by atoms with Crippen LogP contribution in [-0.2, 0) is 17.8 Å². The molecule has 1 aliphatic heterocycles. The molecule has 2 aromatic heterocycles. The highest BCUT2D eigenvalue weighted by Crippen LogP contribution is 2.23. The van der Waals surface area contributed by atoms with Gasteiger partial charge in [-0.2, -0.15) is 0 Å². The molecule has 1 aliphatic rings. The van der Waals surface area contributed by atoms with Crippen LogP contribution >= 0.6 is 0 Å². The van der Waals surface area contributed by atoms with Gasteiger partial charge >= 0.3 is 0 Å². The summed E-state index contributed by atoms with van der Waals surface area (Å²) in [7, 11) is 0. The smallest absolute Gasteiger partial charge is 0.225 e. The van der Waals surface area contributed by atoms with Gasteiger partial charge in [-0.3, -0.25) is 15.6 Å². The van der Waals surface area contributed by atoms with Gasteiger partial charge in [-0.1, -0.05) is 13.8 Å². The van der Waals surface area contributed by atoms with Crippen LogP contribution in [0.2, 0.25) is 0 Å². The summed E-state index contributed by atoms with van der Waals surface area (Å²) in [4.78, 5) is 22.9. The fourth-order valence-electron chi connectivity index (χ4n) is 3.24. The number of amides is 1. The Kier molecular flexibility index (Phi) is 6.89. The highest BCUT2D eigenvalue weighted by Gasteiger charge is 2.23. The minimum atomic E-state index is 0.00273. The van der Waals surface area contributed by atoms with E-state index in [1.807, 2.05) is 50.8 Å². The number of hydrazine groups is 1. The molecule has 0 atom stereocenters. The van der Waals surface area contributed by atoms with E-state index in [9.17, 15) is 4.79 Å². The first-order chi connectivity index (χ1) is 14.4. The summed E-state index contributed by atoms with van der Waals surface area (Å²) < 4.78 is 5.94. The van der Waals surface area contributed by atoms with E-state index in [4.69, 9.17) is 10.6 Å². The molecule has 0 aromatic carbocycles. The number of rotatable bonds is 7. The van der Waals surface area contributed by atoms with E-state index in [0.29, 0.717) is 12.4 Å². The zero-order valence-electron chi connectivity index (χ0n) is 18.0. The van der Waals surface area contributed by atoms with Gasteiger partial charge in [-0.05, 0) is 43.5 Å². The molecule has 8 heteroatoms. The second kappa shape index (κ2) is 9.58. The molecule has 30 heavy (non-hydrogen) atoms. The molecule has 0 bridgehead atoms. The van der Waals surface area contributed by atoms with E-state index < -0.39 is 0 Å². The number of nitrogens with one attached hydrogen (secondary N) is 2. The van der Waals surface area contributed by atoms with Gasteiger partial charge in [0, 0.05) is 42.7 Å². The van der Waals surface area contributed by atoms with Gasteiger partial charge in [0.15, 0.2) is 0 Å². The van der Waals surface area contributed by atoms with Crippen LogP contribution in [0.5, 0.6) is 5.88 Å². The molecule has 4 N–H and O–H groups in total. The number of ether oxygens (including phenoxy) is 1. The number of anilines is 1. The van der Waals surface area contributed by atoms with Gasteiger partial charge in [-0.15, -0.1) is 0 Å². The Morgan fingerprint density at radius 2 is 2.07 bits per heavy atom. The lowest BCUT2D eigenvalue weighted by molar-refractivity contribution is -0.135. The molecule has 0 unspecified atom stereocenters. The second-order valence-corrected chi connectivity index (χ2v) is 7.81. The number of nitrogens with zero attached hydrogens (tertiary/aromatic N) is 3. The maximum absolute atomic E-state index is 12.3. The normalized spacial score (nSPS) is 14.1. The fourth-order valence-corrected chi connectivity index (χ4v) is 3.24. The molecule has 3 rings (SSSR count). The van der Waals surface area contributed by atoms with Crippen molar-refractivity contribution in [1.29, 1.82) is 0 Å². The SMILES string of the molecule is C/C(NN)=C(\COc1cc2c(cn1)CN(C(=O)C(C)C)CC2)Nc1ccc(C)nc1. The molecule has 0 saturated heterocycles. The number of carbonyl (C=O) groups excluding carboxylic acids is 1. The van der Waals surface area contributed by atoms with Crippen molar-refractivity contribution in [1.82, 2.24) is 20.3 Å². The Hall–Kier alpha value is -3.13.